The van der Waals surface area contributed by atoms with Crippen molar-refractivity contribution in [2.45, 2.75) is 13.2 Å². The van der Waals surface area contributed by atoms with E-state index in [4.69, 9.17) is 16.3 Å². The van der Waals surface area contributed by atoms with E-state index in [9.17, 15) is 8.78 Å². The van der Waals surface area contributed by atoms with E-state index in [2.05, 4.69) is 5.32 Å². The van der Waals surface area contributed by atoms with E-state index < -0.39 is 11.6 Å². The van der Waals surface area contributed by atoms with Crippen LogP contribution >= 0.6 is 11.6 Å². The minimum Gasteiger partial charge on any atom is -0.486 e. The van der Waals surface area contributed by atoms with Crippen LogP contribution in [0.15, 0.2) is 36.4 Å². The Kier molecular flexibility index (Phi) is 4.93. The molecule has 0 unspecified atom stereocenters. The van der Waals surface area contributed by atoms with Crippen molar-refractivity contribution in [3.05, 3.63) is 64.2 Å². The molecule has 0 aliphatic heterocycles. The summed E-state index contributed by atoms with van der Waals surface area (Å²) >= 11 is 5.67. The molecule has 0 saturated heterocycles. The van der Waals surface area contributed by atoms with Crippen molar-refractivity contribution >= 4 is 11.6 Å². The fraction of sp³-hybridized carbons (Fsp3) is 0.200. The molecule has 0 atom stereocenters. The first-order chi connectivity index (χ1) is 9.61. The van der Waals surface area contributed by atoms with Crippen LogP contribution in [-0.2, 0) is 13.2 Å². The lowest BCUT2D eigenvalue weighted by Crippen LogP contribution is -2.06. The van der Waals surface area contributed by atoms with Crippen molar-refractivity contribution in [2.75, 3.05) is 7.05 Å². The van der Waals surface area contributed by atoms with Crippen molar-refractivity contribution < 1.29 is 13.5 Å². The number of hydrogen-bond acceptors (Lipinski definition) is 2. The summed E-state index contributed by atoms with van der Waals surface area (Å²) < 4.78 is 32.7. The molecule has 0 aromatic heterocycles. The maximum atomic E-state index is 13.8. The molecule has 0 fully saturated rings. The number of rotatable bonds is 5. The Morgan fingerprint density at radius 3 is 2.70 bits per heavy atom. The minimum absolute atomic E-state index is 0.0240. The minimum atomic E-state index is -0.540. The summed E-state index contributed by atoms with van der Waals surface area (Å²) in [6, 6.07) is 9.30. The fourth-order valence-corrected chi connectivity index (χ4v) is 1.99. The third-order valence-corrected chi connectivity index (χ3v) is 3.08. The van der Waals surface area contributed by atoms with Gasteiger partial charge in [0, 0.05) is 12.1 Å². The van der Waals surface area contributed by atoms with Crippen molar-refractivity contribution in [3.8, 4) is 5.75 Å². The van der Waals surface area contributed by atoms with E-state index >= 15 is 0 Å². The Bertz CT molecular complexity index is 604. The van der Waals surface area contributed by atoms with E-state index in [0.717, 1.165) is 5.56 Å². The molecule has 2 aromatic rings. The Morgan fingerprint density at radius 2 is 2.00 bits per heavy atom. The zero-order valence-corrected chi connectivity index (χ0v) is 11.7. The third-order valence-electron chi connectivity index (χ3n) is 2.79. The summed E-state index contributed by atoms with van der Waals surface area (Å²) in [5.41, 5.74) is 1.10. The summed E-state index contributed by atoms with van der Waals surface area (Å²) in [5.74, 6) is -0.925. The van der Waals surface area contributed by atoms with Gasteiger partial charge in [0.1, 0.15) is 12.4 Å². The molecular weight excluding hydrogens is 284 g/mol. The molecule has 2 aromatic carbocycles. The van der Waals surface area contributed by atoms with Crippen molar-refractivity contribution in [3.63, 3.8) is 0 Å². The zero-order valence-electron chi connectivity index (χ0n) is 10.9. The molecule has 0 heterocycles. The van der Waals surface area contributed by atoms with Crippen LogP contribution < -0.4 is 10.1 Å². The van der Waals surface area contributed by atoms with E-state index in [0.29, 0.717) is 6.54 Å². The van der Waals surface area contributed by atoms with Gasteiger partial charge >= 0.3 is 0 Å². The van der Waals surface area contributed by atoms with Gasteiger partial charge in [-0.25, -0.2) is 8.78 Å². The smallest absolute Gasteiger partial charge is 0.165 e. The van der Waals surface area contributed by atoms with Crippen LogP contribution in [0.4, 0.5) is 8.78 Å². The van der Waals surface area contributed by atoms with Gasteiger partial charge in [-0.05, 0) is 30.8 Å². The number of ether oxygens (including phenoxy) is 1. The number of nitrogens with one attached hydrogen (secondary N) is 1. The lowest BCUT2D eigenvalue weighted by molar-refractivity contribution is 0.284. The maximum Gasteiger partial charge on any atom is 0.165 e. The first-order valence-corrected chi connectivity index (χ1v) is 6.48. The molecule has 0 saturated carbocycles. The molecule has 106 valence electrons. The van der Waals surface area contributed by atoms with Crippen LogP contribution in [-0.4, -0.2) is 7.05 Å². The molecule has 2 nitrogen and oxygen atoms in total. The normalized spacial score (nSPS) is 10.6. The predicted octanol–water partition coefficient (Wildman–Crippen LogP) is 3.92. The Hall–Kier alpha value is -1.65. The average molecular weight is 298 g/mol. The van der Waals surface area contributed by atoms with E-state index in [-0.39, 0.29) is 22.9 Å². The van der Waals surface area contributed by atoms with Gasteiger partial charge in [0.25, 0.3) is 0 Å². The van der Waals surface area contributed by atoms with Gasteiger partial charge in [0.05, 0.1) is 5.02 Å². The highest BCUT2D eigenvalue weighted by Gasteiger charge is 2.09. The van der Waals surface area contributed by atoms with Gasteiger partial charge in [0.2, 0.25) is 0 Å². The molecule has 20 heavy (non-hydrogen) atoms. The van der Waals surface area contributed by atoms with E-state index in [1.165, 1.54) is 18.2 Å². The number of halogens is 3. The van der Waals surface area contributed by atoms with Crippen molar-refractivity contribution in [1.29, 1.82) is 0 Å². The lowest BCUT2D eigenvalue weighted by Gasteiger charge is -2.10. The van der Waals surface area contributed by atoms with E-state index in [1.54, 1.807) is 25.2 Å². The molecule has 0 amide bonds. The Labute approximate surface area is 121 Å². The Morgan fingerprint density at radius 1 is 1.20 bits per heavy atom. The number of hydrogen-bond donors (Lipinski definition) is 1. The maximum absolute atomic E-state index is 13.8. The zero-order chi connectivity index (χ0) is 14.5. The van der Waals surface area contributed by atoms with Gasteiger partial charge in [-0.15, -0.1) is 0 Å². The number of benzene rings is 2. The molecule has 0 bridgehead atoms. The lowest BCUT2D eigenvalue weighted by atomic mass is 10.2. The van der Waals surface area contributed by atoms with Gasteiger partial charge in [0.15, 0.2) is 11.6 Å². The first-order valence-electron chi connectivity index (χ1n) is 6.10. The summed E-state index contributed by atoms with van der Waals surface area (Å²) in [6.07, 6.45) is 0. The standard InChI is InChI=1S/C15H14ClF2NO/c1-19-8-10-5-6-14(13(17)7-10)20-9-11-3-2-4-12(16)15(11)18/h2-7,19H,8-9H2,1H3. The second-order valence-electron chi connectivity index (χ2n) is 4.30. The molecule has 0 aliphatic carbocycles. The molecule has 1 N–H and O–H groups in total. The Balaban J connectivity index is 2.09. The second kappa shape index (κ2) is 6.68. The molecule has 0 radical (unpaired) electrons. The summed E-state index contributed by atoms with van der Waals surface area (Å²) in [4.78, 5) is 0. The fourth-order valence-electron chi connectivity index (χ4n) is 1.79. The topological polar surface area (TPSA) is 21.3 Å². The van der Waals surface area contributed by atoms with Crippen LogP contribution in [0.2, 0.25) is 5.02 Å². The highest BCUT2D eigenvalue weighted by Crippen LogP contribution is 2.22. The predicted molar refractivity (Wildman–Crippen MR) is 74.9 cm³/mol. The van der Waals surface area contributed by atoms with Gasteiger partial charge in [-0.2, -0.15) is 0 Å². The molecule has 5 heteroatoms. The molecule has 0 aliphatic rings. The van der Waals surface area contributed by atoms with E-state index in [1.807, 2.05) is 0 Å². The van der Waals surface area contributed by atoms with Crippen LogP contribution in [0.1, 0.15) is 11.1 Å². The second-order valence-corrected chi connectivity index (χ2v) is 4.70. The molecule has 2 rings (SSSR count). The molecule has 0 spiro atoms. The summed E-state index contributed by atoms with van der Waals surface area (Å²) in [5, 5.41) is 2.95. The largest absolute Gasteiger partial charge is 0.486 e. The summed E-state index contributed by atoms with van der Waals surface area (Å²) in [6.45, 7) is 0.495. The van der Waals surface area contributed by atoms with Crippen molar-refractivity contribution in [2.24, 2.45) is 0 Å². The van der Waals surface area contributed by atoms with Crippen LogP contribution in [0.5, 0.6) is 5.75 Å². The quantitative estimate of drug-likeness (QED) is 0.903. The summed E-state index contributed by atoms with van der Waals surface area (Å²) in [7, 11) is 1.78. The monoisotopic (exact) mass is 297 g/mol. The molecular formula is C15H14ClF2NO. The highest BCUT2D eigenvalue weighted by atomic mass is 35.5. The van der Waals surface area contributed by atoms with Crippen LogP contribution in [0.25, 0.3) is 0 Å². The third kappa shape index (κ3) is 3.46. The van der Waals surface area contributed by atoms with Crippen molar-refractivity contribution in [1.82, 2.24) is 5.32 Å². The van der Waals surface area contributed by atoms with Gasteiger partial charge in [-0.1, -0.05) is 29.8 Å². The first kappa shape index (κ1) is 14.8. The van der Waals surface area contributed by atoms with Crippen LogP contribution in [0, 0.1) is 11.6 Å². The van der Waals surface area contributed by atoms with Crippen LogP contribution in [0.3, 0.4) is 0 Å². The van der Waals surface area contributed by atoms with Gasteiger partial charge < -0.3 is 10.1 Å². The van der Waals surface area contributed by atoms with Gasteiger partial charge in [-0.3, -0.25) is 0 Å². The average Bonchev–Trinajstić information content (AvgIpc) is 2.42. The SMILES string of the molecule is CNCc1ccc(OCc2cccc(Cl)c2F)c(F)c1. The highest BCUT2D eigenvalue weighted by molar-refractivity contribution is 6.30.